The number of anilines is 1. The standard InChI is InChI=1S/C19H21N5O2/c1-13(14-2-3-17-18(10-14)26-12-25-17)23-6-8-24(9-7-23)19-21-11-16-15(22-19)4-5-20-16/h2-5,10-11,13,20H,6-9,12H2,1H3. The SMILES string of the molecule is CC(c1ccc2c(c1)OCO2)N1CCN(c2ncc3[nH]ccc3n2)CC1. The van der Waals surface area contributed by atoms with Gasteiger partial charge in [0.25, 0.3) is 0 Å². The molecule has 0 bridgehead atoms. The highest BCUT2D eigenvalue weighted by molar-refractivity contribution is 5.74. The molecule has 2 aromatic heterocycles. The normalized spacial score (nSPS) is 18.4. The second kappa shape index (κ2) is 6.17. The van der Waals surface area contributed by atoms with Crippen LogP contribution in [0.1, 0.15) is 18.5 Å². The van der Waals surface area contributed by atoms with Gasteiger partial charge in [0.2, 0.25) is 12.7 Å². The Bertz CT molecular complexity index is 933. The number of aromatic nitrogens is 3. The molecule has 0 aliphatic carbocycles. The van der Waals surface area contributed by atoms with Crippen LogP contribution in [0.3, 0.4) is 0 Å². The van der Waals surface area contributed by atoms with Crippen LogP contribution in [0.15, 0.2) is 36.7 Å². The minimum Gasteiger partial charge on any atom is -0.454 e. The zero-order chi connectivity index (χ0) is 17.5. The largest absolute Gasteiger partial charge is 0.454 e. The third-order valence-corrected chi connectivity index (χ3v) is 5.31. The Morgan fingerprint density at radius 2 is 1.92 bits per heavy atom. The van der Waals surface area contributed by atoms with Gasteiger partial charge in [-0.25, -0.2) is 9.97 Å². The lowest BCUT2D eigenvalue weighted by Gasteiger charge is -2.38. The Kier molecular flexibility index (Phi) is 3.67. The van der Waals surface area contributed by atoms with Gasteiger partial charge in [0.1, 0.15) is 0 Å². The van der Waals surface area contributed by atoms with Crippen LogP contribution >= 0.6 is 0 Å². The predicted molar refractivity (Wildman–Crippen MR) is 98.7 cm³/mol. The summed E-state index contributed by atoms with van der Waals surface area (Å²) >= 11 is 0. The summed E-state index contributed by atoms with van der Waals surface area (Å²) in [5.74, 6) is 2.50. The van der Waals surface area contributed by atoms with Crippen molar-refractivity contribution in [1.29, 1.82) is 0 Å². The average molecular weight is 351 g/mol. The summed E-state index contributed by atoms with van der Waals surface area (Å²) in [6.07, 6.45) is 3.76. The molecule has 134 valence electrons. The van der Waals surface area contributed by atoms with Gasteiger partial charge in [-0.3, -0.25) is 4.90 Å². The molecule has 7 nitrogen and oxygen atoms in total. The van der Waals surface area contributed by atoms with E-state index in [1.807, 2.05) is 24.5 Å². The maximum absolute atomic E-state index is 5.51. The lowest BCUT2D eigenvalue weighted by Crippen LogP contribution is -2.47. The molecule has 0 spiro atoms. The van der Waals surface area contributed by atoms with Crippen molar-refractivity contribution in [2.75, 3.05) is 37.9 Å². The molecule has 2 aliphatic heterocycles. The number of aromatic amines is 1. The summed E-state index contributed by atoms with van der Waals surface area (Å²) in [6, 6.07) is 8.55. The fourth-order valence-corrected chi connectivity index (χ4v) is 3.68. The fourth-order valence-electron chi connectivity index (χ4n) is 3.68. The van der Waals surface area contributed by atoms with E-state index in [1.165, 1.54) is 5.56 Å². The van der Waals surface area contributed by atoms with Gasteiger partial charge in [-0.1, -0.05) is 6.07 Å². The van der Waals surface area contributed by atoms with Crippen LogP contribution in [0.25, 0.3) is 11.0 Å². The highest BCUT2D eigenvalue weighted by atomic mass is 16.7. The Morgan fingerprint density at radius 3 is 2.81 bits per heavy atom. The molecule has 1 N–H and O–H groups in total. The summed E-state index contributed by atoms with van der Waals surface area (Å²) in [5, 5.41) is 0. The molecular formula is C19H21N5O2. The van der Waals surface area contributed by atoms with Gasteiger partial charge >= 0.3 is 0 Å². The van der Waals surface area contributed by atoms with Gasteiger partial charge in [-0.15, -0.1) is 0 Å². The van der Waals surface area contributed by atoms with E-state index < -0.39 is 0 Å². The quantitative estimate of drug-likeness (QED) is 0.782. The van der Waals surface area contributed by atoms with Crippen LogP contribution < -0.4 is 14.4 Å². The van der Waals surface area contributed by atoms with Gasteiger partial charge < -0.3 is 19.4 Å². The van der Waals surface area contributed by atoms with Crippen molar-refractivity contribution in [3.8, 4) is 11.5 Å². The van der Waals surface area contributed by atoms with E-state index >= 15 is 0 Å². The Labute approximate surface area is 151 Å². The number of ether oxygens (including phenoxy) is 2. The van der Waals surface area contributed by atoms with Gasteiger partial charge in [-0.2, -0.15) is 0 Å². The smallest absolute Gasteiger partial charge is 0.231 e. The summed E-state index contributed by atoms with van der Waals surface area (Å²) in [4.78, 5) is 17.1. The molecule has 1 atom stereocenters. The summed E-state index contributed by atoms with van der Waals surface area (Å²) in [5.41, 5.74) is 3.20. The van der Waals surface area contributed by atoms with Gasteiger partial charge in [-0.05, 0) is 30.7 Å². The molecule has 1 fully saturated rings. The number of rotatable bonds is 3. The molecule has 1 aromatic carbocycles. The van der Waals surface area contributed by atoms with E-state index in [0.717, 1.165) is 54.7 Å². The van der Waals surface area contributed by atoms with Crippen LogP contribution in [0.5, 0.6) is 11.5 Å². The third-order valence-electron chi connectivity index (χ3n) is 5.31. The molecular weight excluding hydrogens is 330 g/mol. The van der Waals surface area contributed by atoms with Crippen molar-refractivity contribution in [1.82, 2.24) is 19.9 Å². The molecule has 0 saturated carbocycles. The van der Waals surface area contributed by atoms with Crippen LogP contribution in [0.4, 0.5) is 5.95 Å². The number of hydrogen-bond donors (Lipinski definition) is 1. The van der Waals surface area contributed by atoms with Crippen LogP contribution in [-0.2, 0) is 0 Å². The monoisotopic (exact) mass is 351 g/mol. The molecule has 0 amide bonds. The van der Waals surface area contributed by atoms with Gasteiger partial charge in [0, 0.05) is 38.4 Å². The average Bonchev–Trinajstić information content (AvgIpc) is 3.35. The van der Waals surface area contributed by atoms with E-state index in [-0.39, 0.29) is 0 Å². The first-order valence-electron chi connectivity index (χ1n) is 8.96. The maximum Gasteiger partial charge on any atom is 0.231 e. The van der Waals surface area contributed by atoms with Crippen molar-refractivity contribution >= 4 is 17.0 Å². The lowest BCUT2D eigenvalue weighted by atomic mass is 10.1. The minimum absolute atomic E-state index is 0.317. The minimum atomic E-state index is 0.317. The van der Waals surface area contributed by atoms with Crippen LogP contribution in [0.2, 0.25) is 0 Å². The van der Waals surface area contributed by atoms with Gasteiger partial charge in [0.15, 0.2) is 11.5 Å². The number of benzene rings is 1. The Morgan fingerprint density at radius 1 is 1.08 bits per heavy atom. The number of nitrogens with one attached hydrogen (secondary N) is 1. The first-order chi connectivity index (χ1) is 12.8. The first kappa shape index (κ1) is 15.5. The number of fused-ring (bicyclic) bond motifs is 2. The first-order valence-corrected chi connectivity index (χ1v) is 8.96. The zero-order valence-electron chi connectivity index (χ0n) is 14.7. The fraction of sp³-hybridized carbons (Fsp3) is 0.368. The lowest BCUT2D eigenvalue weighted by molar-refractivity contribution is 0.173. The highest BCUT2D eigenvalue weighted by Crippen LogP contribution is 2.35. The van der Waals surface area contributed by atoms with Crippen molar-refractivity contribution in [3.05, 3.63) is 42.2 Å². The topological polar surface area (TPSA) is 66.5 Å². The molecule has 0 radical (unpaired) electrons. The van der Waals surface area contributed by atoms with E-state index in [2.05, 4.69) is 43.8 Å². The van der Waals surface area contributed by atoms with E-state index in [0.29, 0.717) is 12.8 Å². The molecule has 2 aliphatic rings. The number of nitrogens with zero attached hydrogens (tertiary/aromatic N) is 4. The van der Waals surface area contributed by atoms with Crippen LogP contribution in [0, 0.1) is 0 Å². The molecule has 3 aromatic rings. The summed E-state index contributed by atoms with van der Waals surface area (Å²) in [6.45, 7) is 6.36. The molecule has 4 heterocycles. The van der Waals surface area contributed by atoms with Crippen molar-refractivity contribution in [2.24, 2.45) is 0 Å². The highest BCUT2D eigenvalue weighted by Gasteiger charge is 2.25. The summed E-state index contributed by atoms with van der Waals surface area (Å²) in [7, 11) is 0. The van der Waals surface area contributed by atoms with E-state index in [1.54, 1.807) is 0 Å². The van der Waals surface area contributed by atoms with Crippen molar-refractivity contribution < 1.29 is 9.47 Å². The molecule has 5 rings (SSSR count). The van der Waals surface area contributed by atoms with Crippen LogP contribution in [-0.4, -0.2) is 52.8 Å². The van der Waals surface area contributed by atoms with Crippen molar-refractivity contribution in [3.63, 3.8) is 0 Å². The number of piperazine rings is 1. The van der Waals surface area contributed by atoms with E-state index in [4.69, 9.17) is 9.47 Å². The predicted octanol–water partition coefficient (Wildman–Crippen LogP) is 2.57. The second-order valence-corrected chi connectivity index (χ2v) is 6.76. The maximum atomic E-state index is 5.51. The zero-order valence-corrected chi connectivity index (χ0v) is 14.7. The Hall–Kier alpha value is -2.80. The van der Waals surface area contributed by atoms with Crippen molar-refractivity contribution in [2.45, 2.75) is 13.0 Å². The Balaban J connectivity index is 1.27. The molecule has 1 unspecified atom stereocenters. The van der Waals surface area contributed by atoms with E-state index in [9.17, 15) is 0 Å². The third kappa shape index (κ3) is 2.64. The number of hydrogen-bond acceptors (Lipinski definition) is 6. The summed E-state index contributed by atoms with van der Waals surface area (Å²) < 4.78 is 10.9. The van der Waals surface area contributed by atoms with Gasteiger partial charge in [0.05, 0.1) is 17.2 Å². The second-order valence-electron chi connectivity index (χ2n) is 6.76. The molecule has 1 saturated heterocycles. The molecule has 7 heteroatoms. The molecule has 26 heavy (non-hydrogen) atoms. The number of H-pyrrole nitrogens is 1.